The fourth-order valence-corrected chi connectivity index (χ4v) is 2.09. The molecule has 6 heteroatoms. The van der Waals surface area contributed by atoms with Gasteiger partial charge in [-0.25, -0.2) is 0 Å². The molecule has 0 aliphatic carbocycles. The molecule has 2 rings (SSSR count). The Balaban J connectivity index is 2.16. The van der Waals surface area contributed by atoms with Gasteiger partial charge in [0.05, 0.1) is 13.2 Å². The van der Waals surface area contributed by atoms with E-state index in [0.717, 1.165) is 0 Å². The highest BCUT2D eigenvalue weighted by Gasteiger charge is 2.40. The SMILES string of the molecule is CCC(=O)C1OCCN(Oc2ccccc2)C1OC(C)=O. The van der Waals surface area contributed by atoms with Gasteiger partial charge in [0.2, 0.25) is 6.23 Å². The Kier molecular flexibility index (Phi) is 5.30. The average molecular weight is 293 g/mol. The van der Waals surface area contributed by atoms with E-state index < -0.39 is 18.3 Å². The summed E-state index contributed by atoms with van der Waals surface area (Å²) in [5, 5.41) is 1.48. The van der Waals surface area contributed by atoms with Gasteiger partial charge >= 0.3 is 5.97 Å². The first-order valence-electron chi connectivity index (χ1n) is 6.93. The minimum Gasteiger partial charge on any atom is -0.440 e. The molecule has 1 aromatic carbocycles. The summed E-state index contributed by atoms with van der Waals surface area (Å²) < 4.78 is 10.7. The van der Waals surface area contributed by atoms with E-state index in [4.69, 9.17) is 14.3 Å². The van der Waals surface area contributed by atoms with Gasteiger partial charge in [-0.05, 0) is 12.1 Å². The summed E-state index contributed by atoms with van der Waals surface area (Å²) in [4.78, 5) is 29.0. The number of rotatable bonds is 5. The third-order valence-electron chi connectivity index (χ3n) is 3.07. The summed E-state index contributed by atoms with van der Waals surface area (Å²) in [7, 11) is 0. The smallest absolute Gasteiger partial charge is 0.304 e. The quantitative estimate of drug-likeness (QED) is 0.767. The number of morpholine rings is 1. The van der Waals surface area contributed by atoms with Gasteiger partial charge < -0.3 is 14.3 Å². The van der Waals surface area contributed by atoms with E-state index in [1.165, 1.54) is 12.0 Å². The topological polar surface area (TPSA) is 65.1 Å². The Morgan fingerprint density at radius 3 is 2.67 bits per heavy atom. The van der Waals surface area contributed by atoms with Crippen molar-refractivity contribution >= 4 is 11.8 Å². The monoisotopic (exact) mass is 293 g/mol. The molecule has 1 aliphatic rings. The lowest BCUT2D eigenvalue weighted by atomic mass is 10.1. The molecule has 21 heavy (non-hydrogen) atoms. The molecule has 1 aromatic rings. The van der Waals surface area contributed by atoms with Crippen molar-refractivity contribution in [1.82, 2.24) is 5.06 Å². The highest BCUT2D eigenvalue weighted by Crippen LogP contribution is 2.21. The standard InChI is InChI=1S/C15H19NO5/c1-3-13(18)14-15(20-11(2)17)16(9-10-19-14)21-12-7-5-4-6-8-12/h4-8,14-15H,3,9-10H2,1-2H3. The average Bonchev–Trinajstić information content (AvgIpc) is 2.49. The zero-order valence-electron chi connectivity index (χ0n) is 12.2. The number of nitrogens with zero attached hydrogens (tertiary/aromatic N) is 1. The number of Topliss-reactive ketones (excluding diaryl/α,β-unsaturated/α-hetero) is 1. The van der Waals surface area contributed by atoms with Crippen LogP contribution in [0.5, 0.6) is 5.75 Å². The van der Waals surface area contributed by atoms with Crippen molar-refractivity contribution in [2.45, 2.75) is 32.6 Å². The Bertz CT molecular complexity index is 490. The van der Waals surface area contributed by atoms with Crippen LogP contribution in [0.15, 0.2) is 30.3 Å². The van der Waals surface area contributed by atoms with Gasteiger partial charge in [-0.3, -0.25) is 9.59 Å². The predicted octanol–water partition coefficient (Wildman–Crippen LogP) is 1.55. The maximum atomic E-state index is 12.0. The zero-order valence-corrected chi connectivity index (χ0v) is 12.2. The Hall–Kier alpha value is -1.92. The van der Waals surface area contributed by atoms with Crippen molar-refractivity contribution in [3.63, 3.8) is 0 Å². The minimum absolute atomic E-state index is 0.123. The molecule has 1 aliphatic heterocycles. The van der Waals surface area contributed by atoms with Gasteiger partial charge in [0.15, 0.2) is 11.9 Å². The zero-order chi connectivity index (χ0) is 15.2. The number of carbonyl (C=O) groups is 2. The highest BCUT2D eigenvalue weighted by molar-refractivity contribution is 5.83. The largest absolute Gasteiger partial charge is 0.440 e. The van der Waals surface area contributed by atoms with Crippen molar-refractivity contribution in [3.8, 4) is 5.75 Å². The van der Waals surface area contributed by atoms with Crippen LogP contribution in [0.2, 0.25) is 0 Å². The Morgan fingerprint density at radius 2 is 2.05 bits per heavy atom. The molecular formula is C15H19NO5. The lowest BCUT2D eigenvalue weighted by Crippen LogP contribution is -2.57. The second kappa shape index (κ2) is 7.19. The fraction of sp³-hybridized carbons (Fsp3) is 0.467. The first-order valence-corrected chi connectivity index (χ1v) is 6.93. The third-order valence-corrected chi connectivity index (χ3v) is 3.07. The fourth-order valence-electron chi connectivity index (χ4n) is 2.09. The molecule has 0 bridgehead atoms. The molecule has 0 amide bonds. The van der Waals surface area contributed by atoms with E-state index in [2.05, 4.69) is 0 Å². The third kappa shape index (κ3) is 4.03. The van der Waals surface area contributed by atoms with Crippen LogP contribution in [-0.4, -0.2) is 42.3 Å². The normalized spacial score (nSPS) is 22.6. The molecule has 114 valence electrons. The van der Waals surface area contributed by atoms with Crippen LogP contribution in [-0.2, 0) is 19.1 Å². The summed E-state index contributed by atoms with van der Waals surface area (Å²) in [6.07, 6.45) is -1.39. The van der Waals surface area contributed by atoms with Gasteiger partial charge in [0.1, 0.15) is 5.75 Å². The summed E-state index contributed by atoms with van der Waals surface area (Å²) in [6, 6.07) is 9.13. The van der Waals surface area contributed by atoms with Gasteiger partial charge in [0.25, 0.3) is 0 Å². The van der Waals surface area contributed by atoms with Crippen molar-refractivity contribution in [1.29, 1.82) is 0 Å². The van der Waals surface area contributed by atoms with Crippen molar-refractivity contribution < 1.29 is 23.9 Å². The number of hydrogen-bond acceptors (Lipinski definition) is 6. The van der Waals surface area contributed by atoms with E-state index in [9.17, 15) is 9.59 Å². The molecule has 0 aromatic heterocycles. The molecule has 2 atom stereocenters. The molecule has 2 unspecified atom stereocenters. The summed E-state index contributed by atoms with van der Waals surface area (Å²) in [6.45, 7) is 3.78. The summed E-state index contributed by atoms with van der Waals surface area (Å²) in [5.41, 5.74) is 0. The van der Waals surface area contributed by atoms with E-state index in [1.807, 2.05) is 18.2 Å². The summed E-state index contributed by atoms with van der Waals surface area (Å²) in [5.74, 6) is 0.00271. The van der Waals surface area contributed by atoms with E-state index >= 15 is 0 Å². The number of ether oxygens (including phenoxy) is 2. The predicted molar refractivity (Wildman–Crippen MR) is 74.4 cm³/mol. The van der Waals surface area contributed by atoms with Gasteiger partial charge in [-0.15, -0.1) is 0 Å². The van der Waals surface area contributed by atoms with Gasteiger partial charge in [-0.1, -0.05) is 30.2 Å². The number of hydrogen-bond donors (Lipinski definition) is 0. The second-order valence-electron chi connectivity index (χ2n) is 4.66. The maximum Gasteiger partial charge on any atom is 0.304 e. The van der Waals surface area contributed by atoms with E-state index in [-0.39, 0.29) is 5.78 Å². The lowest BCUT2D eigenvalue weighted by Gasteiger charge is -2.38. The number of carbonyl (C=O) groups excluding carboxylic acids is 2. The Morgan fingerprint density at radius 1 is 1.33 bits per heavy atom. The molecular weight excluding hydrogens is 274 g/mol. The maximum absolute atomic E-state index is 12.0. The van der Waals surface area contributed by atoms with Crippen LogP contribution in [0, 0.1) is 0 Å². The first-order chi connectivity index (χ1) is 10.1. The van der Waals surface area contributed by atoms with Crippen molar-refractivity contribution in [2.75, 3.05) is 13.2 Å². The molecule has 1 fully saturated rings. The van der Waals surface area contributed by atoms with E-state index in [0.29, 0.717) is 25.3 Å². The highest BCUT2D eigenvalue weighted by atomic mass is 16.7. The van der Waals surface area contributed by atoms with Gasteiger partial charge in [0, 0.05) is 13.3 Å². The van der Waals surface area contributed by atoms with Crippen LogP contribution in [0.1, 0.15) is 20.3 Å². The van der Waals surface area contributed by atoms with Crippen LogP contribution in [0.25, 0.3) is 0 Å². The molecule has 0 saturated carbocycles. The molecule has 1 heterocycles. The Labute approximate surface area is 123 Å². The molecule has 0 radical (unpaired) electrons. The van der Waals surface area contributed by atoms with E-state index in [1.54, 1.807) is 19.1 Å². The lowest BCUT2D eigenvalue weighted by molar-refractivity contribution is -0.258. The number of ketones is 1. The van der Waals surface area contributed by atoms with Crippen molar-refractivity contribution in [2.24, 2.45) is 0 Å². The van der Waals surface area contributed by atoms with Crippen LogP contribution in [0.3, 0.4) is 0 Å². The second-order valence-corrected chi connectivity index (χ2v) is 4.66. The number of para-hydroxylation sites is 1. The van der Waals surface area contributed by atoms with Crippen LogP contribution < -0.4 is 4.84 Å². The molecule has 0 spiro atoms. The van der Waals surface area contributed by atoms with Crippen LogP contribution in [0.4, 0.5) is 0 Å². The van der Waals surface area contributed by atoms with Gasteiger partial charge in [-0.2, -0.15) is 0 Å². The van der Waals surface area contributed by atoms with Crippen molar-refractivity contribution in [3.05, 3.63) is 30.3 Å². The minimum atomic E-state index is -0.871. The molecule has 0 N–H and O–H groups in total. The summed E-state index contributed by atoms with van der Waals surface area (Å²) >= 11 is 0. The molecule has 1 saturated heterocycles. The van der Waals surface area contributed by atoms with Crippen LogP contribution >= 0.6 is 0 Å². The number of benzene rings is 1. The number of hydroxylamine groups is 2. The first kappa shape index (κ1) is 15.5. The molecule has 6 nitrogen and oxygen atoms in total. The number of esters is 1.